The number of hydrogen-bond donors (Lipinski definition) is 1. The maximum atomic E-state index is 9.19. The first-order chi connectivity index (χ1) is 7.65. The van der Waals surface area contributed by atoms with Gasteiger partial charge in [0.15, 0.2) is 0 Å². The Morgan fingerprint density at radius 3 is 2.38 bits per heavy atom. The Kier molecular flexibility index (Phi) is 4.16. The van der Waals surface area contributed by atoms with Crippen molar-refractivity contribution in [3.63, 3.8) is 0 Å². The molecule has 1 N–H and O–H groups in total. The van der Waals surface area contributed by atoms with Crippen molar-refractivity contribution in [3.05, 3.63) is 50.5 Å². The summed E-state index contributed by atoms with van der Waals surface area (Å²) in [7, 11) is 0. The van der Waals surface area contributed by atoms with Crippen LogP contribution in [0.4, 0.5) is 0 Å². The van der Waals surface area contributed by atoms with Crippen LogP contribution in [0.15, 0.2) is 56.7 Å². The number of hydrogen-bond acceptors (Lipinski definition) is 2. The number of halogens is 2. The molecule has 1 nitrogen and oxygen atoms in total. The number of phenolic OH excluding ortho intramolecular Hbond substituents is 1. The second-order valence-electron chi connectivity index (χ2n) is 3.17. The van der Waals surface area contributed by atoms with Gasteiger partial charge in [-0.15, -0.1) is 0 Å². The number of rotatable bonds is 2. The average Bonchev–Trinajstić information content (AvgIpc) is 2.25. The van der Waals surface area contributed by atoms with Gasteiger partial charge < -0.3 is 5.11 Å². The maximum absolute atomic E-state index is 9.19. The van der Waals surface area contributed by atoms with Gasteiger partial charge in [-0.1, -0.05) is 11.8 Å². The van der Waals surface area contributed by atoms with E-state index in [9.17, 15) is 5.11 Å². The topological polar surface area (TPSA) is 20.2 Å². The van der Waals surface area contributed by atoms with Gasteiger partial charge in [-0.3, -0.25) is 0 Å². The van der Waals surface area contributed by atoms with E-state index in [1.165, 1.54) is 8.47 Å². The van der Waals surface area contributed by atoms with Crippen LogP contribution in [-0.4, -0.2) is 5.11 Å². The molecule has 0 aromatic heterocycles. The molecule has 82 valence electrons. The molecule has 0 amide bonds. The van der Waals surface area contributed by atoms with Gasteiger partial charge in [0.05, 0.1) is 0 Å². The van der Waals surface area contributed by atoms with Gasteiger partial charge in [0, 0.05) is 17.8 Å². The van der Waals surface area contributed by atoms with Crippen molar-refractivity contribution in [3.8, 4) is 5.75 Å². The summed E-state index contributed by atoms with van der Waals surface area (Å²) in [5.74, 6) is 0.297. The summed E-state index contributed by atoms with van der Waals surface area (Å²) in [6.45, 7) is 0. The fourth-order valence-electron chi connectivity index (χ4n) is 1.20. The van der Waals surface area contributed by atoms with Crippen LogP contribution in [0.5, 0.6) is 5.75 Å². The van der Waals surface area contributed by atoms with E-state index in [0.717, 1.165) is 9.37 Å². The standard InChI is InChI=1S/C12H8BrIOS/c13-11-7-8(14)1-6-12(11)16-10-4-2-9(15)3-5-10/h1-7,15H. The first-order valence-electron chi connectivity index (χ1n) is 4.57. The molecule has 0 saturated heterocycles. The van der Waals surface area contributed by atoms with E-state index in [-0.39, 0.29) is 0 Å². The molecule has 2 rings (SSSR count). The van der Waals surface area contributed by atoms with Gasteiger partial charge in [-0.25, -0.2) is 0 Å². The highest BCUT2D eigenvalue weighted by atomic mass is 127. The van der Waals surface area contributed by atoms with Crippen LogP contribution in [0.2, 0.25) is 0 Å². The van der Waals surface area contributed by atoms with Gasteiger partial charge in [-0.2, -0.15) is 0 Å². The first kappa shape index (κ1) is 12.3. The highest BCUT2D eigenvalue weighted by molar-refractivity contribution is 14.1. The van der Waals surface area contributed by atoms with E-state index >= 15 is 0 Å². The van der Waals surface area contributed by atoms with E-state index in [0.29, 0.717) is 5.75 Å². The normalized spacial score (nSPS) is 10.4. The van der Waals surface area contributed by atoms with Crippen LogP contribution in [0, 0.1) is 3.57 Å². The minimum atomic E-state index is 0.297. The van der Waals surface area contributed by atoms with Crippen LogP contribution in [0.1, 0.15) is 0 Å². The van der Waals surface area contributed by atoms with Crippen LogP contribution in [0.3, 0.4) is 0 Å². The van der Waals surface area contributed by atoms with Gasteiger partial charge >= 0.3 is 0 Å². The van der Waals surface area contributed by atoms with Gasteiger partial charge in [0.1, 0.15) is 5.75 Å². The molecular weight excluding hydrogens is 399 g/mol. The fourth-order valence-corrected chi connectivity index (χ4v) is 3.56. The lowest BCUT2D eigenvalue weighted by Crippen LogP contribution is -1.78. The Balaban J connectivity index is 2.23. The molecule has 0 aliphatic carbocycles. The second kappa shape index (κ2) is 5.42. The highest BCUT2D eigenvalue weighted by Crippen LogP contribution is 2.34. The SMILES string of the molecule is Oc1ccc(Sc2ccc(I)cc2Br)cc1. The highest BCUT2D eigenvalue weighted by Gasteiger charge is 2.02. The number of phenols is 1. The van der Waals surface area contributed by atoms with Gasteiger partial charge in [-0.05, 0) is 81.0 Å². The molecule has 0 aliphatic heterocycles. The van der Waals surface area contributed by atoms with Crippen molar-refractivity contribution in [2.24, 2.45) is 0 Å². The third-order valence-corrected chi connectivity index (χ3v) is 4.63. The zero-order chi connectivity index (χ0) is 11.5. The summed E-state index contributed by atoms with van der Waals surface area (Å²) in [6.07, 6.45) is 0. The zero-order valence-corrected chi connectivity index (χ0v) is 12.7. The van der Waals surface area contributed by atoms with E-state index in [1.807, 2.05) is 12.1 Å². The van der Waals surface area contributed by atoms with Gasteiger partial charge in [0.25, 0.3) is 0 Å². The first-order valence-corrected chi connectivity index (χ1v) is 7.26. The van der Waals surface area contributed by atoms with Crippen molar-refractivity contribution in [1.29, 1.82) is 0 Å². The molecule has 0 unspecified atom stereocenters. The van der Waals surface area contributed by atoms with Crippen LogP contribution in [0.25, 0.3) is 0 Å². The fraction of sp³-hybridized carbons (Fsp3) is 0. The summed E-state index contributed by atoms with van der Waals surface area (Å²) >= 11 is 7.50. The van der Waals surface area contributed by atoms with E-state index in [2.05, 4.69) is 56.7 Å². The summed E-state index contributed by atoms with van der Waals surface area (Å²) < 4.78 is 2.30. The van der Waals surface area contributed by atoms with E-state index in [1.54, 1.807) is 23.9 Å². The van der Waals surface area contributed by atoms with E-state index < -0.39 is 0 Å². The lowest BCUT2D eigenvalue weighted by Gasteiger charge is -2.04. The van der Waals surface area contributed by atoms with E-state index in [4.69, 9.17) is 0 Å². The van der Waals surface area contributed by atoms with Crippen molar-refractivity contribution in [1.82, 2.24) is 0 Å². The predicted molar refractivity (Wildman–Crippen MR) is 79.1 cm³/mol. The summed E-state index contributed by atoms with van der Waals surface area (Å²) in [4.78, 5) is 2.28. The van der Waals surface area contributed by atoms with Crippen molar-refractivity contribution in [2.75, 3.05) is 0 Å². The second-order valence-corrected chi connectivity index (χ2v) is 6.39. The molecule has 0 bridgehead atoms. The Morgan fingerprint density at radius 1 is 1.06 bits per heavy atom. The zero-order valence-electron chi connectivity index (χ0n) is 8.15. The molecule has 0 fully saturated rings. The van der Waals surface area contributed by atoms with Crippen molar-refractivity contribution in [2.45, 2.75) is 9.79 Å². The summed E-state index contributed by atoms with van der Waals surface area (Å²) in [5.41, 5.74) is 0. The Labute approximate surface area is 121 Å². The minimum absolute atomic E-state index is 0.297. The molecule has 0 heterocycles. The third kappa shape index (κ3) is 3.15. The molecule has 0 atom stereocenters. The smallest absolute Gasteiger partial charge is 0.115 e. The molecular formula is C12H8BrIOS. The molecule has 2 aromatic rings. The molecule has 16 heavy (non-hydrogen) atoms. The predicted octanol–water partition coefficient (Wildman–Crippen LogP) is 4.91. The molecule has 0 saturated carbocycles. The number of aromatic hydroxyl groups is 1. The Morgan fingerprint density at radius 2 is 1.75 bits per heavy atom. The third-order valence-electron chi connectivity index (χ3n) is 1.96. The maximum Gasteiger partial charge on any atom is 0.115 e. The summed E-state index contributed by atoms with van der Waals surface area (Å²) in [6, 6.07) is 13.5. The molecule has 2 aromatic carbocycles. The average molecular weight is 407 g/mol. The molecule has 0 aliphatic rings. The lowest BCUT2D eigenvalue weighted by molar-refractivity contribution is 0.475. The largest absolute Gasteiger partial charge is 0.508 e. The molecule has 4 heteroatoms. The van der Waals surface area contributed by atoms with Crippen LogP contribution < -0.4 is 0 Å². The minimum Gasteiger partial charge on any atom is -0.508 e. The van der Waals surface area contributed by atoms with Crippen molar-refractivity contribution >= 4 is 50.3 Å². The Bertz CT molecular complexity index is 499. The Hall–Kier alpha value is -0.200. The summed E-state index contributed by atoms with van der Waals surface area (Å²) in [5, 5.41) is 9.19. The van der Waals surface area contributed by atoms with Crippen LogP contribution >= 0.6 is 50.3 Å². The van der Waals surface area contributed by atoms with Crippen LogP contribution in [-0.2, 0) is 0 Å². The quantitative estimate of drug-likeness (QED) is 0.715. The lowest BCUT2D eigenvalue weighted by atomic mass is 10.3. The number of benzene rings is 2. The molecule has 0 radical (unpaired) electrons. The van der Waals surface area contributed by atoms with Crippen molar-refractivity contribution < 1.29 is 5.11 Å². The van der Waals surface area contributed by atoms with Gasteiger partial charge in [0.2, 0.25) is 0 Å². The molecule has 0 spiro atoms. The monoisotopic (exact) mass is 406 g/mol.